The molecule has 1 aromatic carbocycles. The van der Waals surface area contributed by atoms with Crippen LogP contribution < -0.4 is 10.1 Å². The molecule has 0 aliphatic carbocycles. The molecule has 0 aliphatic rings. The fourth-order valence-corrected chi connectivity index (χ4v) is 3.18. The molecule has 1 aromatic heterocycles. The van der Waals surface area contributed by atoms with Crippen LogP contribution >= 0.6 is 27.3 Å². The first-order valence-corrected chi connectivity index (χ1v) is 7.78. The summed E-state index contributed by atoms with van der Waals surface area (Å²) in [5, 5.41) is 4.69. The van der Waals surface area contributed by atoms with Crippen molar-refractivity contribution < 1.29 is 17.9 Å². The molecule has 0 aliphatic heterocycles. The summed E-state index contributed by atoms with van der Waals surface area (Å²) < 4.78 is 45.5. The molecule has 21 heavy (non-hydrogen) atoms. The van der Waals surface area contributed by atoms with Gasteiger partial charge in [0.15, 0.2) is 0 Å². The van der Waals surface area contributed by atoms with Crippen molar-refractivity contribution in [2.24, 2.45) is 0 Å². The Balaban J connectivity index is 2.21. The SMILES string of the molecule is CNCc1ccc(OCc2cc(Br)cs2)c(C(F)(F)F)c1. The summed E-state index contributed by atoms with van der Waals surface area (Å²) in [7, 11) is 1.69. The highest BCUT2D eigenvalue weighted by Crippen LogP contribution is 2.37. The minimum Gasteiger partial charge on any atom is -0.487 e. The predicted molar refractivity (Wildman–Crippen MR) is 80.6 cm³/mol. The molecule has 0 radical (unpaired) electrons. The number of benzene rings is 1. The number of nitrogens with one attached hydrogen (secondary N) is 1. The van der Waals surface area contributed by atoms with Gasteiger partial charge in [-0.2, -0.15) is 13.2 Å². The van der Waals surface area contributed by atoms with Crippen LogP contribution in [0.2, 0.25) is 0 Å². The lowest BCUT2D eigenvalue weighted by Gasteiger charge is -2.15. The van der Waals surface area contributed by atoms with Gasteiger partial charge in [-0.1, -0.05) is 6.07 Å². The Morgan fingerprint density at radius 1 is 1.29 bits per heavy atom. The monoisotopic (exact) mass is 379 g/mol. The molecule has 0 unspecified atom stereocenters. The van der Waals surface area contributed by atoms with Gasteiger partial charge < -0.3 is 10.1 Å². The number of hydrogen-bond donors (Lipinski definition) is 1. The van der Waals surface area contributed by atoms with E-state index in [1.165, 1.54) is 17.4 Å². The van der Waals surface area contributed by atoms with Gasteiger partial charge in [-0.05, 0) is 46.7 Å². The fraction of sp³-hybridized carbons (Fsp3) is 0.286. The van der Waals surface area contributed by atoms with Crippen molar-refractivity contribution in [3.05, 3.63) is 50.1 Å². The molecule has 0 spiro atoms. The smallest absolute Gasteiger partial charge is 0.419 e. The summed E-state index contributed by atoms with van der Waals surface area (Å²) >= 11 is 4.73. The Kier molecular flexibility index (Phi) is 5.29. The van der Waals surface area contributed by atoms with Crippen molar-refractivity contribution >= 4 is 27.3 Å². The summed E-state index contributed by atoms with van der Waals surface area (Å²) in [5.74, 6) is -0.146. The van der Waals surface area contributed by atoms with E-state index in [1.807, 2.05) is 11.4 Å². The van der Waals surface area contributed by atoms with Crippen LogP contribution in [0, 0.1) is 0 Å². The first kappa shape index (κ1) is 16.3. The number of ether oxygens (including phenoxy) is 1. The molecule has 0 fully saturated rings. The summed E-state index contributed by atoms with van der Waals surface area (Å²) in [4.78, 5) is 0.856. The number of alkyl halides is 3. The van der Waals surface area contributed by atoms with Gasteiger partial charge in [0.2, 0.25) is 0 Å². The minimum absolute atomic E-state index is 0.116. The van der Waals surface area contributed by atoms with Gasteiger partial charge in [0.1, 0.15) is 12.4 Å². The predicted octanol–water partition coefficient (Wildman–Crippen LogP) is 4.83. The van der Waals surface area contributed by atoms with Gasteiger partial charge in [0.05, 0.1) is 5.56 Å². The second kappa shape index (κ2) is 6.81. The summed E-state index contributed by atoms with van der Waals surface area (Å²) in [6.07, 6.45) is -4.44. The van der Waals surface area contributed by atoms with Crippen molar-refractivity contribution in [3.8, 4) is 5.75 Å². The van der Waals surface area contributed by atoms with Gasteiger partial charge in [0.25, 0.3) is 0 Å². The van der Waals surface area contributed by atoms with Crippen molar-refractivity contribution in [2.75, 3.05) is 7.05 Å². The number of hydrogen-bond acceptors (Lipinski definition) is 3. The molecule has 2 aromatic rings. The van der Waals surface area contributed by atoms with Crippen LogP contribution in [0.25, 0.3) is 0 Å². The average molecular weight is 380 g/mol. The summed E-state index contributed by atoms with van der Waals surface area (Å²) in [6.45, 7) is 0.492. The molecule has 0 saturated carbocycles. The maximum atomic E-state index is 13.1. The first-order chi connectivity index (χ1) is 9.90. The van der Waals surface area contributed by atoms with E-state index < -0.39 is 11.7 Å². The Hall–Kier alpha value is -1.05. The normalized spacial score (nSPS) is 11.7. The van der Waals surface area contributed by atoms with E-state index in [1.54, 1.807) is 13.1 Å². The second-order valence-corrected chi connectivity index (χ2v) is 6.29. The van der Waals surface area contributed by atoms with Crippen LogP contribution in [0.4, 0.5) is 13.2 Å². The van der Waals surface area contributed by atoms with Gasteiger partial charge in [-0.3, -0.25) is 0 Å². The molecule has 114 valence electrons. The Labute approximate surface area is 133 Å². The number of rotatable bonds is 5. The molecular weight excluding hydrogens is 367 g/mol. The van der Waals surface area contributed by atoms with Crippen LogP contribution in [0.3, 0.4) is 0 Å². The standard InChI is InChI=1S/C14H13BrF3NOS/c1-19-6-9-2-3-13(12(4-9)14(16,17)18)20-7-11-5-10(15)8-21-11/h2-5,8,19H,6-7H2,1H3. The van der Waals surface area contributed by atoms with Crippen LogP contribution in [0.1, 0.15) is 16.0 Å². The first-order valence-electron chi connectivity index (χ1n) is 6.10. The van der Waals surface area contributed by atoms with Crippen LogP contribution in [0.5, 0.6) is 5.75 Å². The largest absolute Gasteiger partial charge is 0.487 e. The third-order valence-electron chi connectivity index (χ3n) is 2.72. The number of thiophene rings is 1. The topological polar surface area (TPSA) is 21.3 Å². The second-order valence-electron chi connectivity index (χ2n) is 4.38. The third-order valence-corrected chi connectivity index (χ3v) is 4.39. The average Bonchev–Trinajstić information content (AvgIpc) is 2.82. The molecule has 0 atom stereocenters. The lowest BCUT2D eigenvalue weighted by Crippen LogP contribution is -2.11. The van der Waals surface area contributed by atoms with E-state index in [-0.39, 0.29) is 12.4 Å². The lowest BCUT2D eigenvalue weighted by atomic mass is 10.1. The minimum atomic E-state index is -4.44. The zero-order valence-corrected chi connectivity index (χ0v) is 13.5. The zero-order valence-electron chi connectivity index (χ0n) is 11.1. The van der Waals surface area contributed by atoms with Crippen LogP contribution in [0.15, 0.2) is 34.1 Å². The fourth-order valence-electron chi connectivity index (χ4n) is 1.82. The van der Waals surface area contributed by atoms with Crippen molar-refractivity contribution in [1.29, 1.82) is 0 Å². The highest BCUT2D eigenvalue weighted by atomic mass is 79.9. The molecule has 2 nitrogen and oxygen atoms in total. The van der Waals surface area contributed by atoms with E-state index in [0.29, 0.717) is 12.1 Å². The molecule has 1 N–H and O–H groups in total. The van der Waals surface area contributed by atoms with E-state index in [4.69, 9.17) is 4.74 Å². The van der Waals surface area contributed by atoms with Crippen molar-refractivity contribution in [3.63, 3.8) is 0 Å². The molecule has 2 rings (SSSR count). The Morgan fingerprint density at radius 3 is 2.62 bits per heavy atom. The van der Waals surface area contributed by atoms with Gasteiger partial charge in [-0.25, -0.2) is 0 Å². The highest BCUT2D eigenvalue weighted by molar-refractivity contribution is 9.10. The molecule has 7 heteroatoms. The van der Waals surface area contributed by atoms with Gasteiger partial charge in [-0.15, -0.1) is 11.3 Å². The Morgan fingerprint density at radius 2 is 2.05 bits per heavy atom. The highest BCUT2D eigenvalue weighted by Gasteiger charge is 2.34. The zero-order chi connectivity index (χ0) is 15.5. The third kappa shape index (κ3) is 4.46. The van der Waals surface area contributed by atoms with E-state index in [2.05, 4.69) is 21.2 Å². The molecular formula is C14H13BrF3NOS. The van der Waals surface area contributed by atoms with E-state index >= 15 is 0 Å². The molecule has 0 bridgehead atoms. The maximum absolute atomic E-state index is 13.1. The van der Waals surface area contributed by atoms with Gasteiger partial charge >= 0.3 is 6.18 Å². The summed E-state index contributed by atoms with van der Waals surface area (Å²) in [5.41, 5.74) is -0.179. The maximum Gasteiger partial charge on any atom is 0.419 e. The lowest BCUT2D eigenvalue weighted by molar-refractivity contribution is -0.139. The van der Waals surface area contributed by atoms with Gasteiger partial charge in [0, 0.05) is 21.3 Å². The Bertz CT molecular complexity index is 613. The quantitative estimate of drug-likeness (QED) is 0.803. The van der Waals surface area contributed by atoms with Crippen molar-refractivity contribution in [1.82, 2.24) is 5.32 Å². The van der Waals surface area contributed by atoms with E-state index in [0.717, 1.165) is 15.4 Å². The molecule has 1 heterocycles. The molecule has 0 saturated heterocycles. The van der Waals surface area contributed by atoms with Crippen LogP contribution in [-0.4, -0.2) is 7.05 Å². The molecule has 0 amide bonds. The van der Waals surface area contributed by atoms with E-state index in [9.17, 15) is 13.2 Å². The van der Waals surface area contributed by atoms with Crippen molar-refractivity contribution in [2.45, 2.75) is 19.3 Å². The summed E-state index contributed by atoms with van der Waals surface area (Å²) in [6, 6.07) is 5.95. The number of halogens is 4. The van der Waals surface area contributed by atoms with Crippen LogP contribution in [-0.2, 0) is 19.3 Å².